The average molecular weight is 340 g/mol. The van der Waals surface area contributed by atoms with Crippen LogP contribution < -0.4 is 5.32 Å². The summed E-state index contributed by atoms with van der Waals surface area (Å²) in [6.45, 7) is 3.27. The van der Waals surface area contributed by atoms with E-state index in [4.69, 9.17) is 9.26 Å². The number of aromatic nitrogens is 3. The van der Waals surface area contributed by atoms with E-state index in [0.717, 1.165) is 22.5 Å². The normalized spacial score (nSPS) is 20.2. The molecule has 1 fully saturated rings. The first-order valence-corrected chi connectivity index (χ1v) is 8.38. The Morgan fingerprint density at radius 3 is 3.08 bits per heavy atom. The Balaban J connectivity index is 1.39. The van der Waals surface area contributed by atoms with Crippen LogP contribution in [0.15, 0.2) is 41.2 Å². The van der Waals surface area contributed by atoms with Crippen LogP contribution in [0.1, 0.15) is 11.5 Å². The first-order valence-electron chi connectivity index (χ1n) is 8.38. The van der Waals surface area contributed by atoms with Crippen LogP contribution in [0, 0.1) is 12.8 Å². The minimum Gasteiger partial charge on any atom is -0.379 e. The summed E-state index contributed by atoms with van der Waals surface area (Å²) >= 11 is 0. The lowest BCUT2D eigenvalue weighted by molar-refractivity contribution is -0.122. The molecule has 4 rings (SSSR count). The number of benzene rings is 1. The molecule has 2 atom stereocenters. The third kappa shape index (κ3) is 3.41. The maximum absolute atomic E-state index is 12.5. The lowest BCUT2D eigenvalue weighted by Gasteiger charge is -2.18. The first-order chi connectivity index (χ1) is 12.2. The number of ether oxygens (including phenoxy) is 1. The molecule has 25 heavy (non-hydrogen) atoms. The second-order valence-corrected chi connectivity index (χ2v) is 6.47. The van der Waals surface area contributed by atoms with Gasteiger partial charge < -0.3 is 19.1 Å². The monoisotopic (exact) mass is 340 g/mol. The second kappa shape index (κ2) is 6.68. The van der Waals surface area contributed by atoms with Crippen LogP contribution in [-0.4, -0.2) is 39.9 Å². The summed E-state index contributed by atoms with van der Waals surface area (Å²) < 4.78 is 12.7. The van der Waals surface area contributed by atoms with Gasteiger partial charge in [0.05, 0.1) is 42.3 Å². The maximum atomic E-state index is 12.5. The molecule has 1 amide bonds. The van der Waals surface area contributed by atoms with Crippen molar-refractivity contribution in [1.82, 2.24) is 20.0 Å². The van der Waals surface area contributed by atoms with Gasteiger partial charge >= 0.3 is 0 Å². The standard InChI is InChI=1S/C18H20N4O3/c1-12-6-14(25-21-12)7-13-9-24-10-16(13)20-18(23)8-22-11-19-15-4-2-3-5-17(15)22/h2-6,11,13,16H,7-10H2,1H3,(H,20,23)/t13-,16+/m1/s1. The van der Waals surface area contributed by atoms with E-state index in [-0.39, 0.29) is 24.4 Å². The SMILES string of the molecule is Cc1cc(C[C@@H]2COC[C@@H]2NC(=O)Cn2cnc3ccccc32)on1. The zero-order chi connectivity index (χ0) is 17.2. The minimum absolute atomic E-state index is 0.0207. The molecule has 130 valence electrons. The molecule has 0 saturated carbocycles. The molecule has 0 unspecified atom stereocenters. The molecule has 7 heteroatoms. The molecule has 0 aliphatic carbocycles. The Labute approximate surface area is 145 Å². The van der Waals surface area contributed by atoms with Crippen molar-refractivity contribution in [1.29, 1.82) is 0 Å². The van der Waals surface area contributed by atoms with Crippen LogP contribution in [0.2, 0.25) is 0 Å². The van der Waals surface area contributed by atoms with Gasteiger partial charge in [-0.1, -0.05) is 17.3 Å². The van der Waals surface area contributed by atoms with E-state index in [9.17, 15) is 4.79 Å². The molecule has 0 spiro atoms. The van der Waals surface area contributed by atoms with E-state index in [1.165, 1.54) is 0 Å². The third-order valence-electron chi connectivity index (χ3n) is 4.53. The van der Waals surface area contributed by atoms with Crippen LogP contribution in [0.3, 0.4) is 0 Å². The van der Waals surface area contributed by atoms with E-state index in [0.29, 0.717) is 19.6 Å². The quantitative estimate of drug-likeness (QED) is 0.764. The Bertz CT molecular complexity index is 885. The number of amides is 1. The molecule has 1 saturated heterocycles. The molecule has 2 aromatic heterocycles. The molecule has 3 heterocycles. The number of aryl methyl sites for hydroxylation is 1. The number of hydrogen-bond donors (Lipinski definition) is 1. The van der Waals surface area contributed by atoms with Crippen LogP contribution in [0.25, 0.3) is 11.0 Å². The highest BCUT2D eigenvalue weighted by molar-refractivity contribution is 5.80. The summed E-state index contributed by atoms with van der Waals surface area (Å²) in [5.74, 6) is 0.973. The summed E-state index contributed by atoms with van der Waals surface area (Å²) in [5.41, 5.74) is 2.70. The van der Waals surface area contributed by atoms with Crippen molar-refractivity contribution in [2.24, 2.45) is 5.92 Å². The number of nitrogens with zero attached hydrogens (tertiary/aromatic N) is 3. The van der Waals surface area contributed by atoms with Gasteiger partial charge in [0.1, 0.15) is 12.3 Å². The number of rotatable bonds is 5. The molecule has 7 nitrogen and oxygen atoms in total. The van der Waals surface area contributed by atoms with Gasteiger partial charge in [-0.25, -0.2) is 4.98 Å². The molecule has 3 aromatic rings. The first kappa shape index (κ1) is 15.8. The molecular formula is C18H20N4O3. The number of carbonyl (C=O) groups excluding carboxylic acids is 1. The van der Waals surface area contributed by atoms with Crippen molar-refractivity contribution in [2.75, 3.05) is 13.2 Å². The summed E-state index contributed by atoms with van der Waals surface area (Å²) in [7, 11) is 0. The zero-order valence-electron chi connectivity index (χ0n) is 14.0. The number of para-hydroxylation sites is 2. The van der Waals surface area contributed by atoms with Crippen LogP contribution in [0.4, 0.5) is 0 Å². The van der Waals surface area contributed by atoms with Crippen LogP contribution in [-0.2, 0) is 22.5 Å². The Kier molecular flexibility index (Phi) is 4.23. The number of carbonyl (C=O) groups is 1. The molecule has 0 bridgehead atoms. The fraction of sp³-hybridized carbons (Fsp3) is 0.389. The third-order valence-corrected chi connectivity index (χ3v) is 4.53. The largest absolute Gasteiger partial charge is 0.379 e. The van der Waals surface area contributed by atoms with Gasteiger partial charge in [0.15, 0.2) is 0 Å². The Hall–Kier alpha value is -2.67. The maximum Gasteiger partial charge on any atom is 0.240 e. The van der Waals surface area contributed by atoms with Crippen molar-refractivity contribution < 1.29 is 14.1 Å². The van der Waals surface area contributed by atoms with Crippen LogP contribution in [0.5, 0.6) is 0 Å². The molecule has 1 aliphatic rings. The van der Waals surface area contributed by atoms with Crippen molar-refractivity contribution >= 4 is 16.9 Å². The van der Waals surface area contributed by atoms with Gasteiger partial charge in [0.2, 0.25) is 5.91 Å². The summed E-state index contributed by atoms with van der Waals surface area (Å²) in [6.07, 6.45) is 2.41. The zero-order valence-corrected chi connectivity index (χ0v) is 14.0. The Morgan fingerprint density at radius 2 is 2.24 bits per heavy atom. The lowest BCUT2D eigenvalue weighted by atomic mass is 9.98. The van der Waals surface area contributed by atoms with Gasteiger partial charge in [0.25, 0.3) is 0 Å². The number of fused-ring (bicyclic) bond motifs is 1. The van der Waals surface area contributed by atoms with E-state index < -0.39 is 0 Å². The topological polar surface area (TPSA) is 82.2 Å². The van der Waals surface area contributed by atoms with Gasteiger partial charge in [0, 0.05) is 18.4 Å². The highest BCUT2D eigenvalue weighted by Gasteiger charge is 2.30. The average Bonchev–Trinajstić information content (AvgIpc) is 3.31. The van der Waals surface area contributed by atoms with E-state index in [2.05, 4.69) is 15.5 Å². The highest BCUT2D eigenvalue weighted by Crippen LogP contribution is 2.20. The number of imidazole rings is 1. The fourth-order valence-electron chi connectivity index (χ4n) is 3.27. The second-order valence-electron chi connectivity index (χ2n) is 6.47. The van der Waals surface area contributed by atoms with E-state index in [1.807, 2.05) is 41.8 Å². The number of nitrogens with one attached hydrogen (secondary N) is 1. The van der Waals surface area contributed by atoms with Gasteiger partial charge in [-0.05, 0) is 19.1 Å². The molecular weight excluding hydrogens is 320 g/mol. The fourth-order valence-corrected chi connectivity index (χ4v) is 3.27. The summed E-state index contributed by atoms with van der Waals surface area (Å²) in [6, 6.07) is 9.68. The molecule has 0 radical (unpaired) electrons. The van der Waals surface area contributed by atoms with Gasteiger partial charge in [-0.2, -0.15) is 0 Å². The van der Waals surface area contributed by atoms with Crippen molar-refractivity contribution in [3.8, 4) is 0 Å². The minimum atomic E-state index is -0.0441. The van der Waals surface area contributed by atoms with Crippen molar-refractivity contribution in [3.63, 3.8) is 0 Å². The van der Waals surface area contributed by atoms with Crippen molar-refractivity contribution in [3.05, 3.63) is 48.1 Å². The number of hydrogen-bond acceptors (Lipinski definition) is 5. The highest BCUT2D eigenvalue weighted by atomic mass is 16.5. The Morgan fingerprint density at radius 1 is 1.36 bits per heavy atom. The van der Waals surface area contributed by atoms with Gasteiger partial charge in [-0.15, -0.1) is 0 Å². The predicted molar refractivity (Wildman–Crippen MR) is 90.9 cm³/mol. The van der Waals surface area contributed by atoms with E-state index >= 15 is 0 Å². The van der Waals surface area contributed by atoms with Gasteiger partial charge in [-0.3, -0.25) is 4.79 Å². The van der Waals surface area contributed by atoms with Crippen molar-refractivity contribution in [2.45, 2.75) is 25.9 Å². The molecule has 1 N–H and O–H groups in total. The van der Waals surface area contributed by atoms with Crippen LogP contribution >= 0.6 is 0 Å². The summed E-state index contributed by atoms with van der Waals surface area (Å²) in [5, 5.41) is 6.99. The molecule has 1 aliphatic heterocycles. The predicted octanol–water partition coefficient (Wildman–Crippen LogP) is 1.71. The lowest BCUT2D eigenvalue weighted by Crippen LogP contribution is -2.42. The smallest absolute Gasteiger partial charge is 0.240 e. The summed E-state index contributed by atoms with van der Waals surface area (Å²) in [4.78, 5) is 16.8. The molecule has 1 aromatic carbocycles. The van der Waals surface area contributed by atoms with E-state index in [1.54, 1.807) is 6.33 Å².